The Morgan fingerprint density at radius 1 is 1.50 bits per heavy atom. The van der Waals surface area contributed by atoms with E-state index in [0.29, 0.717) is 0 Å². The summed E-state index contributed by atoms with van der Waals surface area (Å²) in [5, 5.41) is 7.68. The molecule has 0 aliphatic heterocycles. The number of aromatic nitrogens is 3. The lowest BCUT2D eigenvalue weighted by Gasteiger charge is -1.81. The molecule has 1 N–H and O–H groups in total. The third-order valence-corrected chi connectivity index (χ3v) is 1.43. The van der Waals surface area contributed by atoms with Gasteiger partial charge in [0.15, 0.2) is 0 Å². The van der Waals surface area contributed by atoms with Gasteiger partial charge in [-0.25, -0.2) is 0 Å². The van der Waals surface area contributed by atoms with Crippen molar-refractivity contribution in [2.45, 2.75) is 6.92 Å². The Morgan fingerprint density at radius 2 is 2.40 bits per heavy atom. The van der Waals surface area contributed by atoms with Crippen LogP contribution in [0.3, 0.4) is 0 Å². The van der Waals surface area contributed by atoms with E-state index in [0.717, 1.165) is 16.7 Å². The molecule has 2 aromatic rings. The Balaban J connectivity index is 2.88. The summed E-state index contributed by atoms with van der Waals surface area (Å²) in [7, 11) is 0. The minimum absolute atomic E-state index is 0.931. The quantitative estimate of drug-likeness (QED) is 0.588. The standard InChI is InChI=1S/C7H7N3/c1-5-4-7-6(9-5)2-3-8-10-7/h2-4,9H,1H3. The lowest BCUT2D eigenvalue weighted by atomic mass is 10.4. The Kier molecular flexibility index (Phi) is 0.974. The van der Waals surface area contributed by atoms with Crippen molar-refractivity contribution in [3.63, 3.8) is 0 Å². The van der Waals surface area contributed by atoms with Crippen molar-refractivity contribution < 1.29 is 0 Å². The molecule has 0 aliphatic rings. The van der Waals surface area contributed by atoms with Crippen LogP contribution in [0, 0.1) is 6.92 Å². The molecule has 10 heavy (non-hydrogen) atoms. The highest BCUT2D eigenvalue weighted by Crippen LogP contribution is 2.08. The molecule has 0 bridgehead atoms. The van der Waals surface area contributed by atoms with Crippen molar-refractivity contribution >= 4 is 11.0 Å². The third kappa shape index (κ3) is 0.673. The molecule has 0 aromatic carbocycles. The predicted octanol–water partition coefficient (Wildman–Crippen LogP) is 1.27. The summed E-state index contributed by atoms with van der Waals surface area (Å²) in [4.78, 5) is 3.16. The molecule has 50 valence electrons. The van der Waals surface area contributed by atoms with Crippen LogP contribution >= 0.6 is 0 Å². The second-order valence-corrected chi connectivity index (χ2v) is 2.28. The molecule has 0 saturated heterocycles. The van der Waals surface area contributed by atoms with Gasteiger partial charge in [-0.1, -0.05) is 0 Å². The van der Waals surface area contributed by atoms with E-state index in [1.54, 1.807) is 6.20 Å². The van der Waals surface area contributed by atoms with Gasteiger partial charge >= 0.3 is 0 Å². The summed E-state index contributed by atoms with van der Waals surface area (Å²) in [6, 6.07) is 3.89. The van der Waals surface area contributed by atoms with Gasteiger partial charge in [0.25, 0.3) is 0 Å². The number of aromatic amines is 1. The second kappa shape index (κ2) is 1.80. The number of aryl methyl sites for hydroxylation is 1. The third-order valence-electron chi connectivity index (χ3n) is 1.43. The summed E-state index contributed by atoms with van der Waals surface area (Å²) in [5.41, 5.74) is 3.10. The highest BCUT2D eigenvalue weighted by Gasteiger charge is 1.94. The first-order valence-corrected chi connectivity index (χ1v) is 3.13. The van der Waals surface area contributed by atoms with E-state index in [9.17, 15) is 0 Å². The predicted molar refractivity (Wildman–Crippen MR) is 38.6 cm³/mol. The normalized spacial score (nSPS) is 10.5. The monoisotopic (exact) mass is 133 g/mol. The molecule has 3 heteroatoms. The molecule has 0 radical (unpaired) electrons. The van der Waals surface area contributed by atoms with Gasteiger partial charge in [-0.15, -0.1) is 5.10 Å². The summed E-state index contributed by atoms with van der Waals surface area (Å²) in [5.74, 6) is 0. The maximum Gasteiger partial charge on any atom is 0.111 e. The molecule has 0 spiro atoms. The average molecular weight is 133 g/mol. The summed E-state index contributed by atoms with van der Waals surface area (Å²) < 4.78 is 0. The maximum atomic E-state index is 3.92. The number of hydrogen-bond donors (Lipinski definition) is 1. The van der Waals surface area contributed by atoms with Gasteiger partial charge in [0.2, 0.25) is 0 Å². The van der Waals surface area contributed by atoms with Crippen molar-refractivity contribution in [3.05, 3.63) is 24.0 Å². The van der Waals surface area contributed by atoms with Crippen LogP contribution in [0.2, 0.25) is 0 Å². The van der Waals surface area contributed by atoms with Crippen LogP contribution < -0.4 is 0 Å². The van der Waals surface area contributed by atoms with Crippen molar-refractivity contribution in [2.75, 3.05) is 0 Å². The van der Waals surface area contributed by atoms with E-state index in [1.165, 1.54) is 0 Å². The first kappa shape index (κ1) is 5.41. The van der Waals surface area contributed by atoms with Crippen LogP contribution in [0.15, 0.2) is 18.3 Å². The Hall–Kier alpha value is -1.38. The van der Waals surface area contributed by atoms with E-state index in [1.807, 2.05) is 19.1 Å². The molecular formula is C7H7N3. The van der Waals surface area contributed by atoms with E-state index >= 15 is 0 Å². The van der Waals surface area contributed by atoms with Gasteiger partial charge in [0.1, 0.15) is 5.52 Å². The van der Waals surface area contributed by atoms with Crippen LogP contribution in [-0.4, -0.2) is 15.2 Å². The molecule has 0 amide bonds. The zero-order valence-corrected chi connectivity index (χ0v) is 5.63. The number of nitrogens with one attached hydrogen (secondary N) is 1. The van der Waals surface area contributed by atoms with Crippen LogP contribution in [-0.2, 0) is 0 Å². The Labute approximate surface area is 58.1 Å². The molecule has 0 aliphatic carbocycles. The fourth-order valence-corrected chi connectivity index (χ4v) is 1.01. The summed E-state index contributed by atoms with van der Waals surface area (Å²) >= 11 is 0. The first-order chi connectivity index (χ1) is 4.86. The Bertz CT molecular complexity index is 317. The smallest absolute Gasteiger partial charge is 0.111 e. The van der Waals surface area contributed by atoms with Crippen LogP contribution in [0.5, 0.6) is 0 Å². The zero-order chi connectivity index (χ0) is 6.97. The summed E-state index contributed by atoms with van der Waals surface area (Å²) in [6.07, 6.45) is 1.68. The van der Waals surface area contributed by atoms with E-state index < -0.39 is 0 Å². The maximum absolute atomic E-state index is 3.92. The largest absolute Gasteiger partial charge is 0.357 e. The van der Waals surface area contributed by atoms with Gasteiger partial charge in [-0.05, 0) is 19.1 Å². The average Bonchev–Trinajstić information content (AvgIpc) is 2.27. The number of hydrogen-bond acceptors (Lipinski definition) is 2. The molecule has 0 saturated carbocycles. The Morgan fingerprint density at radius 3 is 3.20 bits per heavy atom. The molecule has 2 heterocycles. The molecule has 0 fully saturated rings. The fourth-order valence-electron chi connectivity index (χ4n) is 1.01. The molecular weight excluding hydrogens is 126 g/mol. The lowest BCUT2D eigenvalue weighted by Crippen LogP contribution is -1.76. The minimum Gasteiger partial charge on any atom is -0.357 e. The molecule has 0 unspecified atom stereocenters. The first-order valence-electron chi connectivity index (χ1n) is 3.13. The minimum atomic E-state index is 0.931. The number of nitrogens with zero attached hydrogens (tertiary/aromatic N) is 2. The topological polar surface area (TPSA) is 41.6 Å². The van der Waals surface area contributed by atoms with Crippen LogP contribution in [0.4, 0.5) is 0 Å². The van der Waals surface area contributed by atoms with Gasteiger partial charge in [0.05, 0.1) is 11.7 Å². The summed E-state index contributed by atoms with van der Waals surface area (Å²) in [6.45, 7) is 2.00. The molecule has 2 rings (SSSR count). The van der Waals surface area contributed by atoms with E-state index in [4.69, 9.17) is 0 Å². The molecule has 3 nitrogen and oxygen atoms in total. The fraction of sp³-hybridized carbons (Fsp3) is 0.143. The number of H-pyrrole nitrogens is 1. The van der Waals surface area contributed by atoms with Crippen LogP contribution in [0.25, 0.3) is 11.0 Å². The van der Waals surface area contributed by atoms with E-state index in [2.05, 4.69) is 15.2 Å². The molecule has 2 aromatic heterocycles. The highest BCUT2D eigenvalue weighted by molar-refractivity contribution is 5.74. The number of fused-ring (bicyclic) bond motifs is 1. The van der Waals surface area contributed by atoms with Gasteiger partial charge < -0.3 is 4.98 Å². The van der Waals surface area contributed by atoms with Gasteiger partial charge in [0, 0.05) is 5.69 Å². The van der Waals surface area contributed by atoms with Crippen molar-refractivity contribution in [2.24, 2.45) is 0 Å². The SMILES string of the molecule is Cc1cc2nnccc2[nH]1. The zero-order valence-electron chi connectivity index (χ0n) is 5.63. The van der Waals surface area contributed by atoms with E-state index in [-0.39, 0.29) is 0 Å². The van der Waals surface area contributed by atoms with Gasteiger partial charge in [-0.3, -0.25) is 0 Å². The van der Waals surface area contributed by atoms with Crippen LogP contribution in [0.1, 0.15) is 5.69 Å². The van der Waals surface area contributed by atoms with Gasteiger partial charge in [-0.2, -0.15) is 5.10 Å². The lowest BCUT2D eigenvalue weighted by molar-refractivity contribution is 1.08. The highest BCUT2D eigenvalue weighted by atomic mass is 15.1. The van der Waals surface area contributed by atoms with Crippen molar-refractivity contribution in [3.8, 4) is 0 Å². The van der Waals surface area contributed by atoms with Crippen molar-refractivity contribution in [1.29, 1.82) is 0 Å². The number of rotatable bonds is 0. The van der Waals surface area contributed by atoms with Crippen molar-refractivity contribution in [1.82, 2.24) is 15.2 Å². The second-order valence-electron chi connectivity index (χ2n) is 2.28. The molecule has 0 atom stereocenters.